The van der Waals surface area contributed by atoms with Crippen molar-refractivity contribution in [2.75, 3.05) is 6.54 Å². The van der Waals surface area contributed by atoms with Gasteiger partial charge in [-0.15, -0.1) is 0 Å². The molecule has 0 aliphatic carbocycles. The van der Waals surface area contributed by atoms with Crippen molar-refractivity contribution >= 4 is 0 Å². The Morgan fingerprint density at radius 1 is 1.05 bits per heavy atom. The summed E-state index contributed by atoms with van der Waals surface area (Å²) >= 11 is 0. The number of benzene rings is 1. The maximum absolute atomic E-state index is 10.5. The molecule has 0 radical (unpaired) electrons. The molecule has 1 aromatic carbocycles. The first kappa shape index (κ1) is 18.7. The molecule has 0 bridgehead atoms. The molecule has 0 aliphatic rings. The van der Waals surface area contributed by atoms with Gasteiger partial charge in [-0.05, 0) is 31.5 Å². The molecule has 0 amide bonds. The number of rotatable bonds is 7. The largest absolute Gasteiger partial charge is 0.378 e. The quantitative estimate of drug-likeness (QED) is 0.457. The molecule has 0 atom stereocenters. The molecule has 1 rings (SSSR count). The highest BCUT2D eigenvalue weighted by Gasteiger charge is 2.25. The Labute approximate surface area is 133 Å². The van der Waals surface area contributed by atoms with Crippen LogP contribution < -0.4 is 5.73 Å². The van der Waals surface area contributed by atoms with Crippen LogP contribution in [0.15, 0.2) is 24.3 Å². The van der Waals surface area contributed by atoms with E-state index in [0.717, 1.165) is 12.8 Å². The van der Waals surface area contributed by atoms with Crippen LogP contribution in [0.25, 0.3) is 0 Å². The van der Waals surface area contributed by atoms with Gasteiger partial charge in [0, 0.05) is 17.5 Å². The third kappa shape index (κ3) is 5.43. The van der Waals surface area contributed by atoms with Crippen molar-refractivity contribution in [3.05, 3.63) is 35.4 Å². The summed E-state index contributed by atoms with van der Waals surface area (Å²) in [5.74, 6) is 3.95. The summed E-state index contributed by atoms with van der Waals surface area (Å²) in [6, 6.07) is 6.76. The van der Waals surface area contributed by atoms with Crippen molar-refractivity contribution < 1.29 is 15.3 Å². The van der Waals surface area contributed by atoms with Crippen LogP contribution in [0.4, 0.5) is 0 Å². The van der Waals surface area contributed by atoms with Gasteiger partial charge < -0.3 is 21.1 Å². The van der Waals surface area contributed by atoms with Gasteiger partial charge in [0.1, 0.15) is 5.60 Å². The zero-order chi connectivity index (χ0) is 16.6. The highest BCUT2D eigenvalue weighted by molar-refractivity contribution is 5.40. The van der Waals surface area contributed by atoms with E-state index < -0.39 is 11.4 Å². The van der Waals surface area contributed by atoms with Gasteiger partial charge in [-0.1, -0.05) is 50.7 Å². The smallest absolute Gasteiger partial charge is 0.191 e. The van der Waals surface area contributed by atoms with Crippen LogP contribution in [0, 0.1) is 11.8 Å². The normalized spacial score (nSPS) is 11.9. The lowest BCUT2D eigenvalue weighted by atomic mass is 9.93. The Hall–Kier alpha value is -1.38. The lowest BCUT2D eigenvalue weighted by Gasteiger charge is -2.22. The van der Waals surface area contributed by atoms with E-state index in [4.69, 9.17) is 5.73 Å². The lowest BCUT2D eigenvalue weighted by Crippen LogP contribution is -2.28. The van der Waals surface area contributed by atoms with Gasteiger partial charge in [-0.25, -0.2) is 0 Å². The second-order valence-corrected chi connectivity index (χ2v) is 5.72. The predicted octanol–water partition coefficient (Wildman–Crippen LogP) is 1.86. The molecule has 0 unspecified atom stereocenters. The van der Waals surface area contributed by atoms with Crippen LogP contribution in [-0.2, 0) is 5.79 Å². The summed E-state index contributed by atoms with van der Waals surface area (Å²) < 4.78 is 0. The number of aliphatic hydroxyl groups is 3. The predicted molar refractivity (Wildman–Crippen MR) is 87.9 cm³/mol. The van der Waals surface area contributed by atoms with E-state index in [2.05, 4.69) is 11.8 Å². The average Bonchev–Trinajstić information content (AvgIpc) is 2.46. The van der Waals surface area contributed by atoms with Gasteiger partial charge in [-0.2, -0.15) is 0 Å². The number of hydrogen-bond acceptors (Lipinski definition) is 4. The minimum atomic E-state index is -1.95. The standard InChI is InChI=1S/C18H27NO3/c1-3-9-17(20,10-4-2)11-8-15-6-5-7-16(14-15)18(21,22)12-13-19/h5-7,14,20-22H,3-4,9-10,12-13,19H2,1-2H3. The maximum Gasteiger partial charge on any atom is 0.191 e. The topological polar surface area (TPSA) is 86.7 Å². The minimum absolute atomic E-state index is 0.0550. The first-order valence-corrected chi connectivity index (χ1v) is 7.88. The van der Waals surface area contributed by atoms with Crippen molar-refractivity contribution in [1.82, 2.24) is 0 Å². The van der Waals surface area contributed by atoms with E-state index in [-0.39, 0.29) is 13.0 Å². The summed E-state index contributed by atoms with van der Waals surface area (Å²) in [5.41, 5.74) is 5.42. The second-order valence-electron chi connectivity index (χ2n) is 5.72. The summed E-state index contributed by atoms with van der Waals surface area (Å²) in [5, 5.41) is 30.5. The highest BCUT2D eigenvalue weighted by Crippen LogP contribution is 2.22. The molecule has 0 saturated carbocycles. The zero-order valence-corrected chi connectivity index (χ0v) is 13.5. The third-order valence-corrected chi connectivity index (χ3v) is 3.58. The second kappa shape index (κ2) is 8.30. The van der Waals surface area contributed by atoms with E-state index >= 15 is 0 Å². The summed E-state index contributed by atoms with van der Waals surface area (Å²) in [7, 11) is 0. The van der Waals surface area contributed by atoms with E-state index in [1.807, 2.05) is 13.8 Å². The molecule has 122 valence electrons. The van der Waals surface area contributed by atoms with E-state index in [1.54, 1.807) is 24.3 Å². The molecule has 0 aromatic heterocycles. The van der Waals surface area contributed by atoms with Crippen molar-refractivity contribution in [2.24, 2.45) is 5.73 Å². The maximum atomic E-state index is 10.5. The molecule has 0 spiro atoms. The fourth-order valence-corrected chi connectivity index (χ4v) is 2.46. The highest BCUT2D eigenvalue weighted by atomic mass is 16.5. The van der Waals surface area contributed by atoms with Crippen LogP contribution in [-0.4, -0.2) is 27.5 Å². The number of nitrogens with two attached hydrogens (primary N) is 1. The molecular weight excluding hydrogens is 278 g/mol. The molecule has 0 heterocycles. The molecule has 0 saturated heterocycles. The van der Waals surface area contributed by atoms with Crippen molar-refractivity contribution in [3.63, 3.8) is 0 Å². The van der Waals surface area contributed by atoms with Gasteiger partial charge >= 0.3 is 0 Å². The summed E-state index contributed by atoms with van der Waals surface area (Å²) in [6.07, 6.45) is 3.03. The Morgan fingerprint density at radius 3 is 2.23 bits per heavy atom. The zero-order valence-electron chi connectivity index (χ0n) is 13.5. The Balaban J connectivity index is 3.02. The molecule has 5 N–H and O–H groups in total. The average molecular weight is 305 g/mol. The van der Waals surface area contributed by atoms with Gasteiger partial charge in [0.2, 0.25) is 0 Å². The molecule has 0 aliphatic heterocycles. The molecule has 0 fully saturated rings. The van der Waals surface area contributed by atoms with Crippen molar-refractivity contribution in [2.45, 2.75) is 57.3 Å². The number of hydrogen-bond donors (Lipinski definition) is 4. The van der Waals surface area contributed by atoms with E-state index in [9.17, 15) is 15.3 Å². The van der Waals surface area contributed by atoms with Crippen molar-refractivity contribution in [3.8, 4) is 11.8 Å². The fraction of sp³-hybridized carbons (Fsp3) is 0.556. The van der Waals surface area contributed by atoms with Crippen LogP contribution in [0.1, 0.15) is 57.1 Å². The van der Waals surface area contributed by atoms with E-state index in [0.29, 0.717) is 24.0 Å². The van der Waals surface area contributed by atoms with Crippen LogP contribution in [0.3, 0.4) is 0 Å². The molecule has 22 heavy (non-hydrogen) atoms. The Morgan fingerprint density at radius 2 is 1.68 bits per heavy atom. The van der Waals surface area contributed by atoms with Crippen LogP contribution >= 0.6 is 0 Å². The van der Waals surface area contributed by atoms with Crippen LogP contribution in [0.5, 0.6) is 0 Å². The van der Waals surface area contributed by atoms with Gasteiger partial charge in [-0.3, -0.25) is 0 Å². The van der Waals surface area contributed by atoms with Crippen molar-refractivity contribution in [1.29, 1.82) is 0 Å². The molecule has 4 heteroatoms. The Bertz CT molecular complexity index is 523. The fourth-order valence-electron chi connectivity index (χ4n) is 2.46. The lowest BCUT2D eigenvalue weighted by molar-refractivity contribution is -0.172. The minimum Gasteiger partial charge on any atom is -0.378 e. The molecule has 1 aromatic rings. The molecular formula is C18H27NO3. The SMILES string of the molecule is CCCC(O)(C#Cc1cccc(C(O)(O)CCN)c1)CCC. The first-order valence-electron chi connectivity index (χ1n) is 7.88. The summed E-state index contributed by atoms with van der Waals surface area (Å²) in [6.45, 7) is 4.21. The van der Waals surface area contributed by atoms with E-state index in [1.165, 1.54) is 0 Å². The molecule has 4 nitrogen and oxygen atoms in total. The monoisotopic (exact) mass is 305 g/mol. The van der Waals surface area contributed by atoms with Gasteiger partial charge in [0.15, 0.2) is 5.79 Å². The summed E-state index contributed by atoms with van der Waals surface area (Å²) in [4.78, 5) is 0. The van der Waals surface area contributed by atoms with Gasteiger partial charge in [0.25, 0.3) is 0 Å². The Kier molecular flexibility index (Phi) is 7.05. The first-order chi connectivity index (χ1) is 10.4. The third-order valence-electron chi connectivity index (χ3n) is 3.58. The van der Waals surface area contributed by atoms with Gasteiger partial charge in [0.05, 0.1) is 0 Å². The van der Waals surface area contributed by atoms with Crippen LogP contribution in [0.2, 0.25) is 0 Å².